The van der Waals surface area contributed by atoms with Gasteiger partial charge in [0.05, 0.1) is 22.8 Å². The maximum atomic E-state index is 12.3. The van der Waals surface area contributed by atoms with E-state index in [1.54, 1.807) is 13.8 Å². The number of esters is 1. The highest BCUT2D eigenvalue weighted by Crippen LogP contribution is 2.24. The highest BCUT2D eigenvalue weighted by atomic mass is 16.5. The first-order chi connectivity index (χ1) is 12.6. The summed E-state index contributed by atoms with van der Waals surface area (Å²) in [4.78, 5) is 50.9. The largest absolute Gasteiger partial charge is 0.452 e. The topological polar surface area (TPSA) is 108 Å². The predicted octanol–water partition coefficient (Wildman–Crippen LogP) is 1.39. The third-order valence-electron chi connectivity index (χ3n) is 4.33. The summed E-state index contributed by atoms with van der Waals surface area (Å²) in [5.74, 6) is -2.32. The number of imide groups is 1. The van der Waals surface area contributed by atoms with Crippen LogP contribution in [0.3, 0.4) is 0 Å². The first kappa shape index (κ1) is 19.8. The molecule has 0 unspecified atom stereocenters. The molecule has 1 aromatic carbocycles. The summed E-state index contributed by atoms with van der Waals surface area (Å²) in [6, 6.07) is 5.98. The molecule has 1 aromatic rings. The summed E-state index contributed by atoms with van der Waals surface area (Å²) in [6.07, 6.45) is 1.43. The lowest BCUT2D eigenvalue weighted by Crippen LogP contribution is -2.45. The van der Waals surface area contributed by atoms with Gasteiger partial charge >= 0.3 is 5.97 Å². The van der Waals surface area contributed by atoms with Crippen LogP contribution in [0.4, 0.5) is 0 Å². The van der Waals surface area contributed by atoms with E-state index >= 15 is 0 Å². The van der Waals surface area contributed by atoms with Crippen molar-refractivity contribution in [3.63, 3.8) is 0 Å². The van der Waals surface area contributed by atoms with Crippen molar-refractivity contribution in [1.29, 1.82) is 5.26 Å². The summed E-state index contributed by atoms with van der Waals surface area (Å²) in [7, 11) is 1.44. The minimum atomic E-state index is -1.04. The van der Waals surface area contributed by atoms with Crippen LogP contribution in [0.25, 0.3) is 0 Å². The average Bonchev–Trinajstić information content (AvgIpc) is 2.89. The Kier molecular flexibility index (Phi) is 5.45. The Morgan fingerprint density at radius 2 is 1.93 bits per heavy atom. The first-order valence-electron chi connectivity index (χ1n) is 8.10. The summed E-state index contributed by atoms with van der Waals surface area (Å²) in [6.45, 7) is 6.15. The highest BCUT2D eigenvalue weighted by Gasteiger charge is 2.35. The van der Waals surface area contributed by atoms with Gasteiger partial charge in [0.15, 0.2) is 6.61 Å². The zero-order chi connectivity index (χ0) is 20.4. The fraction of sp³-hybridized carbons (Fsp3) is 0.316. The van der Waals surface area contributed by atoms with E-state index in [0.29, 0.717) is 0 Å². The summed E-state index contributed by atoms with van der Waals surface area (Å²) >= 11 is 0. The summed E-state index contributed by atoms with van der Waals surface area (Å²) < 4.78 is 4.98. The molecule has 0 fully saturated rings. The SMILES string of the molecule is C=CCN1C(=O)c2ccc(C(=O)OCC(=O)N(C)C(C)(C)C#N)cc2C1=O. The Labute approximate surface area is 156 Å². The number of fused-ring (bicyclic) bond motifs is 1. The van der Waals surface area contributed by atoms with Crippen molar-refractivity contribution in [3.8, 4) is 6.07 Å². The van der Waals surface area contributed by atoms with Crippen LogP contribution in [-0.2, 0) is 9.53 Å². The van der Waals surface area contributed by atoms with Crippen LogP contribution in [0, 0.1) is 11.3 Å². The molecular formula is C19H19N3O5. The van der Waals surface area contributed by atoms with E-state index in [0.717, 1.165) is 4.90 Å². The number of rotatable bonds is 6. The van der Waals surface area contributed by atoms with Gasteiger partial charge < -0.3 is 9.64 Å². The number of nitriles is 1. The lowest BCUT2D eigenvalue weighted by molar-refractivity contribution is -0.136. The third kappa shape index (κ3) is 3.72. The Morgan fingerprint density at radius 1 is 1.30 bits per heavy atom. The number of ether oxygens (including phenoxy) is 1. The molecule has 0 spiro atoms. The van der Waals surface area contributed by atoms with Crippen molar-refractivity contribution in [2.75, 3.05) is 20.2 Å². The van der Waals surface area contributed by atoms with Crippen LogP contribution < -0.4 is 0 Å². The van der Waals surface area contributed by atoms with Crippen molar-refractivity contribution < 1.29 is 23.9 Å². The molecule has 1 aliphatic heterocycles. The van der Waals surface area contributed by atoms with Crippen molar-refractivity contribution >= 4 is 23.7 Å². The molecule has 0 saturated carbocycles. The molecule has 27 heavy (non-hydrogen) atoms. The number of nitrogens with zero attached hydrogens (tertiary/aromatic N) is 3. The monoisotopic (exact) mass is 369 g/mol. The number of hydrogen-bond donors (Lipinski definition) is 0. The van der Waals surface area contributed by atoms with E-state index < -0.39 is 35.8 Å². The normalized spacial score (nSPS) is 13.0. The van der Waals surface area contributed by atoms with E-state index in [2.05, 4.69) is 6.58 Å². The van der Waals surface area contributed by atoms with Crippen LogP contribution in [0.1, 0.15) is 44.9 Å². The number of amides is 3. The van der Waals surface area contributed by atoms with E-state index in [1.165, 1.54) is 36.2 Å². The third-order valence-corrected chi connectivity index (χ3v) is 4.33. The van der Waals surface area contributed by atoms with Gasteiger partial charge in [-0.15, -0.1) is 6.58 Å². The molecule has 140 valence electrons. The van der Waals surface area contributed by atoms with E-state index in [4.69, 9.17) is 10.00 Å². The second kappa shape index (κ2) is 7.41. The molecule has 1 heterocycles. The Bertz CT molecular complexity index is 882. The molecule has 3 amide bonds. The molecule has 0 atom stereocenters. The van der Waals surface area contributed by atoms with Crippen LogP contribution in [0.15, 0.2) is 30.9 Å². The van der Waals surface area contributed by atoms with E-state index in [-0.39, 0.29) is 23.2 Å². The van der Waals surface area contributed by atoms with Crippen LogP contribution >= 0.6 is 0 Å². The Balaban J connectivity index is 2.11. The van der Waals surface area contributed by atoms with Gasteiger partial charge in [-0.1, -0.05) is 6.08 Å². The molecule has 0 saturated heterocycles. The molecular weight excluding hydrogens is 350 g/mol. The summed E-state index contributed by atoms with van der Waals surface area (Å²) in [5.41, 5.74) is -0.695. The minimum Gasteiger partial charge on any atom is -0.452 e. The number of hydrogen-bond acceptors (Lipinski definition) is 6. The second-order valence-corrected chi connectivity index (χ2v) is 6.47. The molecule has 0 radical (unpaired) electrons. The molecule has 0 aromatic heterocycles. The lowest BCUT2D eigenvalue weighted by atomic mass is 10.1. The number of likely N-dealkylation sites (N-methyl/N-ethyl adjacent to an activating group) is 1. The Hall–Kier alpha value is -3.47. The fourth-order valence-electron chi connectivity index (χ4n) is 2.41. The van der Waals surface area contributed by atoms with Crippen LogP contribution in [-0.4, -0.2) is 59.2 Å². The standard InChI is InChI=1S/C19H19N3O5/c1-5-8-22-16(24)13-7-6-12(9-14(13)17(22)25)18(26)27-10-15(23)21(4)19(2,3)11-20/h5-7,9H,1,8,10H2,2-4H3. The van der Waals surface area contributed by atoms with Gasteiger partial charge in [0.25, 0.3) is 17.7 Å². The molecule has 8 nitrogen and oxygen atoms in total. The zero-order valence-corrected chi connectivity index (χ0v) is 15.3. The van der Waals surface area contributed by atoms with E-state index in [9.17, 15) is 19.2 Å². The van der Waals surface area contributed by atoms with Crippen LogP contribution in [0.2, 0.25) is 0 Å². The van der Waals surface area contributed by atoms with Gasteiger partial charge in [0.1, 0.15) is 5.54 Å². The molecule has 0 aliphatic carbocycles. The molecule has 2 rings (SSSR count). The fourth-order valence-corrected chi connectivity index (χ4v) is 2.41. The maximum Gasteiger partial charge on any atom is 0.338 e. The van der Waals surface area contributed by atoms with E-state index in [1.807, 2.05) is 6.07 Å². The van der Waals surface area contributed by atoms with Crippen molar-refractivity contribution in [1.82, 2.24) is 9.80 Å². The molecule has 0 bridgehead atoms. The van der Waals surface area contributed by atoms with Crippen molar-refractivity contribution in [2.24, 2.45) is 0 Å². The summed E-state index contributed by atoms with van der Waals surface area (Å²) in [5, 5.41) is 9.04. The number of benzene rings is 1. The zero-order valence-electron chi connectivity index (χ0n) is 15.3. The molecule has 1 aliphatic rings. The lowest BCUT2D eigenvalue weighted by Gasteiger charge is -2.28. The van der Waals surface area contributed by atoms with Crippen LogP contribution in [0.5, 0.6) is 0 Å². The van der Waals surface area contributed by atoms with Gasteiger partial charge in [-0.3, -0.25) is 19.3 Å². The Morgan fingerprint density at radius 3 is 2.52 bits per heavy atom. The first-order valence-corrected chi connectivity index (χ1v) is 8.10. The van der Waals surface area contributed by atoms with Gasteiger partial charge in [-0.2, -0.15) is 5.26 Å². The molecule has 0 N–H and O–H groups in total. The molecule has 8 heteroatoms. The number of carbonyl (C=O) groups excluding carboxylic acids is 4. The van der Waals surface area contributed by atoms with Gasteiger partial charge in [0.2, 0.25) is 0 Å². The highest BCUT2D eigenvalue weighted by molar-refractivity contribution is 6.22. The smallest absolute Gasteiger partial charge is 0.338 e. The van der Waals surface area contributed by atoms with Gasteiger partial charge in [-0.25, -0.2) is 4.79 Å². The van der Waals surface area contributed by atoms with Gasteiger partial charge in [0, 0.05) is 13.6 Å². The van der Waals surface area contributed by atoms with Crippen molar-refractivity contribution in [2.45, 2.75) is 19.4 Å². The minimum absolute atomic E-state index is 0.0466. The van der Waals surface area contributed by atoms with Crippen molar-refractivity contribution in [3.05, 3.63) is 47.5 Å². The predicted molar refractivity (Wildman–Crippen MR) is 94.8 cm³/mol. The number of carbonyl (C=O) groups is 4. The quantitative estimate of drug-likeness (QED) is 0.426. The second-order valence-electron chi connectivity index (χ2n) is 6.47. The van der Waals surface area contributed by atoms with Gasteiger partial charge in [-0.05, 0) is 32.0 Å². The average molecular weight is 369 g/mol. The maximum absolute atomic E-state index is 12.3.